The minimum atomic E-state index is -4.41. The highest BCUT2D eigenvalue weighted by molar-refractivity contribution is 7.67. The SMILES string of the molecule is CC(C)c1cc(C(C)C)c2cc(-c3cccc([P+](O)(O)O)c3-c3cc4c(C(C)C)cc(C(C)C)cc4cc3C(C)C)c(C(C)C)cc2c1. The average molecular weight is 664 g/mol. The molecule has 5 aromatic rings. The second kappa shape index (κ2) is 13.7. The van der Waals surface area contributed by atoms with Gasteiger partial charge in [-0.05, 0) is 125 Å². The van der Waals surface area contributed by atoms with E-state index in [1.807, 2.05) is 6.07 Å². The zero-order valence-electron chi connectivity index (χ0n) is 31.1. The molecular weight excluding hydrogens is 607 g/mol. The van der Waals surface area contributed by atoms with Gasteiger partial charge >= 0.3 is 7.94 Å². The Morgan fingerprint density at radius 1 is 0.417 bits per heavy atom. The lowest BCUT2D eigenvalue weighted by molar-refractivity contribution is 0.347. The van der Waals surface area contributed by atoms with Crippen molar-refractivity contribution >= 4 is 34.8 Å². The van der Waals surface area contributed by atoms with Gasteiger partial charge in [-0.25, -0.2) is 0 Å². The smallest absolute Gasteiger partial charge is 0.189 e. The van der Waals surface area contributed by atoms with Gasteiger partial charge < -0.3 is 0 Å². The van der Waals surface area contributed by atoms with Crippen LogP contribution in [0.4, 0.5) is 0 Å². The minimum Gasteiger partial charge on any atom is -0.189 e. The molecule has 0 aromatic heterocycles. The monoisotopic (exact) mass is 663 g/mol. The molecule has 0 amide bonds. The molecule has 0 aliphatic carbocycles. The van der Waals surface area contributed by atoms with E-state index < -0.39 is 7.94 Å². The molecule has 0 aliphatic heterocycles. The number of rotatable bonds is 9. The third kappa shape index (κ3) is 6.86. The van der Waals surface area contributed by atoms with Crippen molar-refractivity contribution in [1.29, 1.82) is 0 Å². The van der Waals surface area contributed by atoms with Crippen LogP contribution >= 0.6 is 7.94 Å². The fraction of sp³-hybridized carbons (Fsp3) is 0.409. The summed E-state index contributed by atoms with van der Waals surface area (Å²) >= 11 is 0. The van der Waals surface area contributed by atoms with Gasteiger partial charge in [0.1, 0.15) is 0 Å². The lowest BCUT2D eigenvalue weighted by atomic mass is 9.80. The summed E-state index contributed by atoms with van der Waals surface area (Å²) in [5.41, 5.74) is 11.2. The predicted molar refractivity (Wildman–Crippen MR) is 210 cm³/mol. The molecule has 0 atom stereocenters. The summed E-state index contributed by atoms with van der Waals surface area (Å²) in [6, 6.07) is 24.2. The van der Waals surface area contributed by atoms with Crippen LogP contribution in [0, 0.1) is 0 Å². The molecule has 3 N–H and O–H groups in total. The first-order chi connectivity index (χ1) is 22.4. The molecule has 5 rings (SSSR count). The molecule has 0 bridgehead atoms. The summed E-state index contributed by atoms with van der Waals surface area (Å²) < 4.78 is 0. The quantitative estimate of drug-likeness (QED) is 0.138. The summed E-state index contributed by atoms with van der Waals surface area (Å²) in [6.07, 6.45) is 0. The molecule has 3 nitrogen and oxygen atoms in total. The fourth-order valence-electron chi connectivity index (χ4n) is 7.29. The van der Waals surface area contributed by atoms with E-state index >= 15 is 0 Å². The molecular formula is C44H56O3P+. The van der Waals surface area contributed by atoms with Gasteiger partial charge in [0.25, 0.3) is 0 Å². The van der Waals surface area contributed by atoms with Gasteiger partial charge in [-0.2, -0.15) is 14.7 Å². The van der Waals surface area contributed by atoms with E-state index in [2.05, 4.69) is 138 Å². The lowest BCUT2D eigenvalue weighted by Crippen LogP contribution is -2.15. The molecule has 0 fully saturated rings. The van der Waals surface area contributed by atoms with Crippen LogP contribution in [0.1, 0.15) is 152 Å². The molecule has 254 valence electrons. The Kier molecular flexibility index (Phi) is 10.3. The van der Waals surface area contributed by atoms with E-state index in [1.165, 1.54) is 49.4 Å². The first-order valence-corrected chi connectivity index (χ1v) is 19.5. The summed E-state index contributed by atoms with van der Waals surface area (Å²) in [4.78, 5) is 33.2. The van der Waals surface area contributed by atoms with E-state index in [-0.39, 0.29) is 17.1 Å². The Bertz CT molecular complexity index is 1970. The predicted octanol–water partition coefficient (Wildman–Crippen LogP) is 12.4. The van der Waals surface area contributed by atoms with Gasteiger partial charge in [0.2, 0.25) is 0 Å². The minimum absolute atomic E-state index is 0.155. The summed E-state index contributed by atoms with van der Waals surface area (Å²) in [5, 5.41) is 5.01. The Labute approximate surface area is 289 Å². The molecule has 0 unspecified atom stereocenters. The number of hydrogen-bond acceptors (Lipinski definition) is 3. The van der Waals surface area contributed by atoms with Crippen LogP contribution in [0.15, 0.2) is 66.7 Å². The number of hydrogen-bond donors (Lipinski definition) is 3. The molecule has 48 heavy (non-hydrogen) atoms. The highest BCUT2D eigenvalue weighted by Crippen LogP contribution is 2.51. The Morgan fingerprint density at radius 2 is 0.833 bits per heavy atom. The van der Waals surface area contributed by atoms with Gasteiger partial charge in [0, 0.05) is 5.56 Å². The maximum absolute atomic E-state index is 11.1. The highest BCUT2D eigenvalue weighted by atomic mass is 31.2. The molecule has 4 heteroatoms. The standard InChI is InChI=1S/C44H56O3P/c1-24(2)30-16-32-20-37(28(9)10)41(22-39(32)35(18-30)26(5)6)34-14-13-15-43(48(45,46)47)44(34)42-23-40-33(21-38(42)29(11)12)17-31(25(3)4)19-36(40)27(7)8/h13-29,45-47H,1-12H3/q+1. The van der Waals surface area contributed by atoms with Crippen molar-refractivity contribution in [1.82, 2.24) is 0 Å². The first-order valence-electron chi connectivity index (χ1n) is 17.8. The van der Waals surface area contributed by atoms with Crippen LogP contribution in [-0.2, 0) is 0 Å². The average Bonchev–Trinajstić information content (AvgIpc) is 3.01. The van der Waals surface area contributed by atoms with Crippen LogP contribution in [0.2, 0.25) is 0 Å². The maximum Gasteiger partial charge on any atom is 0.441 e. The summed E-state index contributed by atoms with van der Waals surface area (Å²) in [5.74, 6) is 1.83. The van der Waals surface area contributed by atoms with Crippen molar-refractivity contribution in [2.24, 2.45) is 0 Å². The normalized spacial score (nSPS) is 12.8. The van der Waals surface area contributed by atoms with E-state index in [4.69, 9.17) is 0 Å². The third-order valence-electron chi connectivity index (χ3n) is 10.1. The van der Waals surface area contributed by atoms with Crippen molar-refractivity contribution in [2.45, 2.75) is 119 Å². The molecule has 0 saturated carbocycles. The summed E-state index contributed by atoms with van der Waals surface area (Å²) in [6.45, 7) is 26.8. The second-order valence-electron chi connectivity index (χ2n) is 15.7. The highest BCUT2D eigenvalue weighted by Gasteiger charge is 2.39. The van der Waals surface area contributed by atoms with Crippen LogP contribution in [0.5, 0.6) is 0 Å². The first kappa shape index (κ1) is 36.2. The van der Waals surface area contributed by atoms with Crippen molar-refractivity contribution in [3.8, 4) is 22.3 Å². The second-order valence-corrected chi connectivity index (χ2v) is 17.4. The van der Waals surface area contributed by atoms with Crippen LogP contribution < -0.4 is 5.30 Å². The molecule has 5 aromatic carbocycles. The van der Waals surface area contributed by atoms with E-state index in [0.29, 0.717) is 29.2 Å². The Hall–Kier alpha value is -3.07. The zero-order valence-corrected chi connectivity index (χ0v) is 32.0. The Morgan fingerprint density at radius 3 is 1.23 bits per heavy atom. The van der Waals surface area contributed by atoms with E-state index in [1.54, 1.807) is 6.07 Å². The van der Waals surface area contributed by atoms with Crippen LogP contribution in [0.3, 0.4) is 0 Å². The van der Waals surface area contributed by atoms with E-state index in [9.17, 15) is 14.7 Å². The maximum atomic E-state index is 11.1. The van der Waals surface area contributed by atoms with Crippen LogP contribution in [-0.4, -0.2) is 14.7 Å². The lowest BCUT2D eigenvalue weighted by Gasteiger charge is -2.24. The number of benzene rings is 5. The zero-order chi connectivity index (χ0) is 35.4. The molecule has 0 heterocycles. The van der Waals surface area contributed by atoms with Crippen molar-refractivity contribution < 1.29 is 14.7 Å². The van der Waals surface area contributed by atoms with Gasteiger partial charge in [-0.1, -0.05) is 132 Å². The molecule has 0 spiro atoms. The van der Waals surface area contributed by atoms with Crippen molar-refractivity contribution in [3.63, 3.8) is 0 Å². The van der Waals surface area contributed by atoms with Crippen molar-refractivity contribution in [2.75, 3.05) is 0 Å². The molecule has 0 radical (unpaired) electrons. The van der Waals surface area contributed by atoms with Gasteiger partial charge in [-0.15, -0.1) is 0 Å². The molecule has 0 saturated heterocycles. The van der Waals surface area contributed by atoms with E-state index in [0.717, 1.165) is 22.3 Å². The van der Waals surface area contributed by atoms with Gasteiger partial charge in [-0.3, -0.25) is 0 Å². The van der Waals surface area contributed by atoms with Gasteiger partial charge in [0.15, 0.2) is 5.30 Å². The molecule has 0 aliphatic rings. The largest absolute Gasteiger partial charge is 0.441 e. The van der Waals surface area contributed by atoms with Crippen LogP contribution in [0.25, 0.3) is 43.8 Å². The fourth-order valence-corrected chi connectivity index (χ4v) is 8.12. The Balaban J connectivity index is 1.97. The third-order valence-corrected chi connectivity index (χ3v) is 11.1. The summed E-state index contributed by atoms with van der Waals surface area (Å²) in [7, 11) is -4.41. The van der Waals surface area contributed by atoms with Gasteiger partial charge in [0.05, 0.1) is 0 Å². The topological polar surface area (TPSA) is 60.7 Å². The van der Waals surface area contributed by atoms with Crippen molar-refractivity contribution in [3.05, 3.63) is 100 Å². The number of fused-ring (bicyclic) bond motifs is 2.